The van der Waals surface area contributed by atoms with E-state index in [4.69, 9.17) is 0 Å². The maximum absolute atomic E-state index is 14.0. The smallest absolute Gasteiger partial charge is 0.162 e. The third-order valence-electron chi connectivity index (χ3n) is 4.50. The molecule has 0 spiro atoms. The molecule has 0 saturated carbocycles. The normalized spacial score (nSPS) is 17.6. The molecule has 2 aromatic rings. The van der Waals surface area contributed by atoms with Crippen LogP contribution in [0.15, 0.2) is 36.4 Å². The van der Waals surface area contributed by atoms with Gasteiger partial charge in [0.1, 0.15) is 0 Å². The van der Waals surface area contributed by atoms with Crippen molar-refractivity contribution in [1.82, 2.24) is 0 Å². The van der Waals surface area contributed by atoms with Crippen molar-refractivity contribution in [3.8, 4) is 0 Å². The zero-order chi connectivity index (χ0) is 14.8. The second-order valence-electron chi connectivity index (χ2n) is 5.93. The van der Waals surface area contributed by atoms with Crippen molar-refractivity contribution in [3.63, 3.8) is 0 Å². The third-order valence-corrected chi connectivity index (χ3v) is 4.50. The van der Waals surface area contributed by atoms with Crippen LogP contribution in [0.5, 0.6) is 0 Å². The summed E-state index contributed by atoms with van der Waals surface area (Å²) in [5.41, 5.74) is 4.12. The summed E-state index contributed by atoms with van der Waals surface area (Å²) in [6.07, 6.45) is 4.67. The molecule has 3 rings (SSSR count). The van der Waals surface area contributed by atoms with E-state index in [1.807, 2.05) is 0 Å². The number of fused-ring (bicyclic) bond motifs is 1. The first-order valence-electron chi connectivity index (χ1n) is 7.73. The largest absolute Gasteiger partial charge is 0.204 e. The summed E-state index contributed by atoms with van der Waals surface area (Å²) in [5, 5.41) is 0. The Morgan fingerprint density at radius 1 is 1.05 bits per heavy atom. The Kier molecular flexibility index (Phi) is 4.05. The summed E-state index contributed by atoms with van der Waals surface area (Å²) in [4.78, 5) is 0. The fourth-order valence-electron chi connectivity index (χ4n) is 3.30. The van der Waals surface area contributed by atoms with Crippen LogP contribution < -0.4 is 0 Å². The molecule has 0 amide bonds. The second-order valence-corrected chi connectivity index (χ2v) is 5.93. The summed E-state index contributed by atoms with van der Waals surface area (Å²) < 4.78 is 27.4. The van der Waals surface area contributed by atoms with Crippen molar-refractivity contribution < 1.29 is 8.78 Å². The highest BCUT2D eigenvalue weighted by Crippen LogP contribution is 2.34. The van der Waals surface area contributed by atoms with Gasteiger partial charge in [0.05, 0.1) is 0 Å². The molecule has 0 bridgehead atoms. The van der Waals surface area contributed by atoms with Gasteiger partial charge in [0.15, 0.2) is 11.6 Å². The molecule has 110 valence electrons. The van der Waals surface area contributed by atoms with E-state index in [0.29, 0.717) is 17.9 Å². The summed E-state index contributed by atoms with van der Waals surface area (Å²) in [6, 6.07) is 11.6. The van der Waals surface area contributed by atoms with Gasteiger partial charge < -0.3 is 0 Å². The Morgan fingerprint density at radius 2 is 1.81 bits per heavy atom. The second kappa shape index (κ2) is 5.97. The molecule has 0 saturated heterocycles. The minimum atomic E-state index is -0.729. The first kappa shape index (κ1) is 14.2. The number of rotatable bonds is 3. The summed E-state index contributed by atoms with van der Waals surface area (Å²) in [5.74, 6) is -1.09. The van der Waals surface area contributed by atoms with Crippen molar-refractivity contribution in [2.24, 2.45) is 0 Å². The molecule has 2 aromatic carbocycles. The van der Waals surface area contributed by atoms with E-state index >= 15 is 0 Å². The van der Waals surface area contributed by atoms with Gasteiger partial charge in [-0.1, -0.05) is 43.7 Å². The first-order valence-corrected chi connectivity index (χ1v) is 7.73. The molecule has 0 fully saturated rings. The molecule has 0 aliphatic heterocycles. The number of aryl methyl sites for hydroxylation is 2. The lowest BCUT2D eigenvalue weighted by atomic mass is 9.79. The average molecular weight is 286 g/mol. The summed E-state index contributed by atoms with van der Waals surface area (Å²) in [6.45, 7) is 2.17. The Labute approximate surface area is 124 Å². The van der Waals surface area contributed by atoms with Crippen LogP contribution in [0.4, 0.5) is 8.78 Å². The molecule has 1 aliphatic carbocycles. The van der Waals surface area contributed by atoms with E-state index < -0.39 is 11.6 Å². The molecule has 0 heterocycles. The maximum Gasteiger partial charge on any atom is 0.162 e. The van der Waals surface area contributed by atoms with Gasteiger partial charge in [-0.05, 0) is 59.9 Å². The predicted octanol–water partition coefficient (Wildman–Crippen LogP) is 5.19. The fraction of sp³-hybridized carbons (Fsp3) is 0.368. The minimum Gasteiger partial charge on any atom is -0.204 e. The number of hydrogen-bond acceptors (Lipinski definition) is 0. The zero-order valence-corrected chi connectivity index (χ0v) is 12.3. The highest BCUT2D eigenvalue weighted by atomic mass is 19.2. The van der Waals surface area contributed by atoms with E-state index in [9.17, 15) is 8.78 Å². The number of hydrogen-bond donors (Lipinski definition) is 0. The van der Waals surface area contributed by atoms with Crippen molar-refractivity contribution >= 4 is 0 Å². The molecule has 0 nitrogen and oxygen atoms in total. The van der Waals surface area contributed by atoms with Crippen molar-refractivity contribution in [2.75, 3.05) is 0 Å². The summed E-state index contributed by atoms with van der Waals surface area (Å²) >= 11 is 0. The van der Waals surface area contributed by atoms with Crippen LogP contribution in [0.25, 0.3) is 0 Å². The molecule has 1 unspecified atom stereocenters. The van der Waals surface area contributed by atoms with E-state index in [0.717, 1.165) is 31.2 Å². The van der Waals surface area contributed by atoms with E-state index in [-0.39, 0.29) is 0 Å². The van der Waals surface area contributed by atoms with Crippen LogP contribution >= 0.6 is 0 Å². The third kappa shape index (κ3) is 2.85. The van der Waals surface area contributed by atoms with Gasteiger partial charge in [-0.15, -0.1) is 0 Å². The maximum atomic E-state index is 14.0. The van der Waals surface area contributed by atoms with Crippen molar-refractivity contribution in [3.05, 3.63) is 70.3 Å². The summed E-state index contributed by atoms with van der Waals surface area (Å²) in [7, 11) is 0. The highest BCUT2D eigenvalue weighted by molar-refractivity contribution is 5.36. The Morgan fingerprint density at radius 3 is 2.52 bits per heavy atom. The van der Waals surface area contributed by atoms with Crippen LogP contribution in [0.2, 0.25) is 0 Å². The molecule has 1 aliphatic rings. The zero-order valence-electron chi connectivity index (χ0n) is 12.3. The van der Waals surface area contributed by atoms with Crippen LogP contribution in [0.1, 0.15) is 47.9 Å². The Balaban J connectivity index is 1.84. The Bertz CT molecular complexity index is 629. The van der Waals surface area contributed by atoms with Gasteiger partial charge >= 0.3 is 0 Å². The van der Waals surface area contributed by atoms with Gasteiger partial charge in [0.25, 0.3) is 0 Å². The molecule has 0 aromatic heterocycles. The molecular formula is C19H20F2. The van der Waals surface area contributed by atoms with Crippen LogP contribution in [-0.4, -0.2) is 0 Å². The van der Waals surface area contributed by atoms with Gasteiger partial charge in [-0.3, -0.25) is 0 Å². The molecule has 0 N–H and O–H groups in total. The molecular weight excluding hydrogens is 266 g/mol. The number of halogens is 2. The van der Waals surface area contributed by atoms with Crippen molar-refractivity contribution in [2.45, 2.75) is 44.9 Å². The minimum absolute atomic E-state index is 0.296. The van der Waals surface area contributed by atoms with Crippen LogP contribution in [0.3, 0.4) is 0 Å². The monoisotopic (exact) mass is 286 g/mol. The molecule has 2 heteroatoms. The van der Waals surface area contributed by atoms with E-state index in [2.05, 4.69) is 31.2 Å². The lowest BCUT2D eigenvalue weighted by Gasteiger charge is -2.25. The highest BCUT2D eigenvalue weighted by Gasteiger charge is 2.24. The molecule has 21 heavy (non-hydrogen) atoms. The van der Waals surface area contributed by atoms with Crippen molar-refractivity contribution in [1.29, 1.82) is 0 Å². The molecule has 0 radical (unpaired) electrons. The fourth-order valence-corrected chi connectivity index (χ4v) is 3.30. The molecule has 1 atom stereocenters. The lowest BCUT2D eigenvalue weighted by Crippen LogP contribution is -2.15. The van der Waals surface area contributed by atoms with Gasteiger partial charge in [-0.25, -0.2) is 8.78 Å². The first-order chi connectivity index (χ1) is 10.2. The Hall–Kier alpha value is -1.70. The average Bonchev–Trinajstić information content (AvgIpc) is 2.52. The van der Waals surface area contributed by atoms with E-state index in [1.165, 1.54) is 17.2 Å². The standard InChI is InChI=1S/C19H20F2/c1-2-3-13-4-6-14(7-5-13)16-9-8-15-10-11-18(20)19(21)17(15)12-16/h4-7,10-11,16H,2-3,8-9,12H2,1H3. The quantitative estimate of drug-likeness (QED) is 0.728. The van der Waals surface area contributed by atoms with Gasteiger partial charge in [0, 0.05) is 0 Å². The topological polar surface area (TPSA) is 0 Å². The number of benzene rings is 2. The van der Waals surface area contributed by atoms with Gasteiger partial charge in [-0.2, -0.15) is 0 Å². The lowest BCUT2D eigenvalue weighted by molar-refractivity contribution is 0.476. The SMILES string of the molecule is CCCc1ccc(C2CCc3ccc(F)c(F)c3C2)cc1. The van der Waals surface area contributed by atoms with E-state index in [1.54, 1.807) is 6.07 Å². The predicted molar refractivity (Wildman–Crippen MR) is 81.6 cm³/mol. The van der Waals surface area contributed by atoms with Gasteiger partial charge in [0.2, 0.25) is 0 Å². The van der Waals surface area contributed by atoms with Crippen LogP contribution in [-0.2, 0) is 19.3 Å². The van der Waals surface area contributed by atoms with Crippen LogP contribution in [0, 0.1) is 11.6 Å².